The normalized spacial score (nSPS) is 12.8. The minimum absolute atomic E-state index is 0.00212. The topological polar surface area (TPSA) is 67.2 Å². The van der Waals surface area contributed by atoms with Crippen LogP contribution in [-0.2, 0) is 7.05 Å². The van der Waals surface area contributed by atoms with E-state index in [9.17, 15) is 4.79 Å². The number of aryl methyl sites for hydroxylation is 1. The summed E-state index contributed by atoms with van der Waals surface area (Å²) >= 11 is 0. The van der Waals surface area contributed by atoms with Gasteiger partial charge in [-0.1, -0.05) is 13.8 Å². The standard InChI is InChI=1S/C11H19N3O2/c1-8(2)10(4-5-15)13-11(16)9-6-12-14(3)7-9/h6-8,10,15H,4-5H2,1-3H3,(H,13,16). The van der Waals surface area contributed by atoms with Crippen molar-refractivity contribution in [2.24, 2.45) is 13.0 Å². The van der Waals surface area contributed by atoms with Crippen LogP contribution in [0.4, 0.5) is 0 Å². The molecule has 0 aliphatic heterocycles. The molecule has 0 aliphatic carbocycles. The molecular weight excluding hydrogens is 206 g/mol. The summed E-state index contributed by atoms with van der Waals surface area (Å²) in [6.45, 7) is 4.11. The van der Waals surface area contributed by atoms with Gasteiger partial charge < -0.3 is 10.4 Å². The number of aliphatic hydroxyl groups is 1. The van der Waals surface area contributed by atoms with Crippen LogP contribution in [0.25, 0.3) is 0 Å². The fraction of sp³-hybridized carbons (Fsp3) is 0.636. The van der Waals surface area contributed by atoms with Crippen LogP contribution in [0.5, 0.6) is 0 Å². The van der Waals surface area contributed by atoms with Crippen molar-refractivity contribution >= 4 is 5.91 Å². The lowest BCUT2D eigenvalue weighted by Gasteiger charge is -2.21. The highest BCUT2D eigenvalue weighted by molar-refractivity contribution is 5.93. The summed E-state index contributed by atoms with van der Waals surface area (Å²) in [6.07, 6.45) is 3.78. The highest BCUT2D eigenvalue weighted by Crippen LogP contribution is 2.07. The molecule has 0 saturated carbocycles. The predicted octanol–water partition coefficient (Wildman–Crippen LogP) is 0.557. The first kappa shape index (κ1) is 12.7. The van der Waals surface area contributed by atoms with Crippen LogP contribution in [0.2, 0.25) is 0 Å². The Kier molecular flexibility index (Phi) is 4.49. The Morgan fingerprint density at radius 2 is 2.31 bits per heavy atom. The van der Waals surface area contributed by atoms with Gasteiger partial charge in [0.2, 0.25) is 0 Å². The lowest BCUT2D eigenvalue weighted by molar-refractivity contribution is 0.0916. The molecule has 0 aromatic carbocycles. The van der Waals surface area contributed by atoms with Crippen LogP contribution in [0.1, 0.15) is 30.6 Å². The Bertz CT molecular complexity index is 347. The van der Waals surface area contributed by atoms with Crippen LogP contribution in [0.15, 0.2) is 12.4 Å². The summed E-state index contributed by atoms with van der Waals surface area (Å²) in [5.41, 5.74) is 0.547. The number of nitrogens with one attached hydrogen (secondary N) is 1. The third-order valence-electron chi connectivity index (χ3n) is 2.53. The van der Waals surface area contributed by atoms with Crippen LogP contribution >= 0.6 is 0 Å². The molecule has 90 valence electrons. The Balaban J connectivity index is 2.61. The van der Waals surface area contributed by atoms with E-state index in [1.165, 1.54) is 6.20 Å². The van der Waals surface area contributed by atoms with E-state index >= 15 is 0 Å². The average Bonchev–Trinajstić information content (AvgIpc) is 2.64. The Morgan fingerprint density at radius 1 is 1.62 bits per heavy atom. The lowest BCUT2D eigenvalue weighted by atomic mass is 10.0. The molecule has 0 spiro atoms. The Labute approximate surface area is 95.5 Å². The zero-order valence-electron chi connectivity index (χ0n) is 9.97. The highest BCUT2D eigenvalue weighted by atomic mass is 16.3. The molecule has 1 amide bonds. The first-order valence-corrected chi connectivity index (χ1v) is 5.45. The van der Waals surface area contributed by atoms with E-state index in [1.54, 1.807) is 17.9 Å². The predicted molar refractivity (Wildman–Crippen MR) is 61.0 cm³/mol. The van der Waals surface area contributed by atoms with Gasteiger partial charge in [0.15, 0.2) is 0 Å². The van der Waals surface area contributed by atoms with Gasteiger partial charge in [0.25, 0.3) is 5.91 Å². The van der Waals surface area contributed by atoms with Crippen molar-refractivity contribution in [1.29, 1.82) is 0 Å². The van der Waals surface area contributed by atoms with Crippen molar-refractivity contribution < 1.29 is 9.90 Å². The molecule has 2 N–H and O–H groups in total. The molecule has 1 heterocycles. The summed E-state index contributed by atoms with van der Waals surface area (Å²) in [5.74, 6) is 0.160. The number of hydrogen-bond donors (Lipinski definition) is 2. The van der Waals surface area contributed by atoms with Gasteiger partial charge in [-0.2, -0.15) is 5.10 Å². The van der Waals surface area contributed by atoms with Gasteiger partial charge in [-0.15, -0.1) is 0 Å². The molecule has 1 rings (SSSR count). The zero-order chi connectivity index (χ0) is 12.1. The van der Waals surface area contributed by atoms with Crippen molar-refractivity contribution in [2.75, 3.05) is 6.61 Å². The van der Waals surface area contributed by atoms with Gasteiger partial charge >= 0.3 is 0 Å². The van der Waals surface area contributed by atoms with Crippen molar-refractivity contribution in [1.82, 2.24) is 15.1 Å². The largest absolute Gasteiger partial charge is 0.396 e. The van der Waals surface area contributed by atoms with Crippen LogP contribution < -0.4 is 5.32 Å². The van der Waals surface area contributed by atoms with E-state index in [4.69, 9.17) is 5.11 Å². The summed E-state index contributed by atoms with van der Waals surface area (Å²) in [6, 6.07) is -0.00212. The smallest absolute Gasteiger partial charge is 0.254 e. The maximum absolute atomic E-state index is 11.8. The molecule has 0 saturated heterocycles. The number of hydrogen-bond acceptors (Lipinski definition) is 3. The number of carbonyl (C=O) groups excluding carboxylic acids is 1. The van der Waals surface area contributed by atoms with Crippen molar-refractivity contribution in [2.45, 2.75) is 26.3 Å². The number of carbonyl (C=O) groups is 1. The quantitative estimate of drug-likeness (QED) is 0.769. The molecule has 1 unspecified atom stereocenters. The second-order valence-electron chi connectivity index (χ2n) is 4.24. The summed E-state index contributed by atoms with van der Waals surface area (Å²) in [5, 5.41) is 15.7. The number of aliphatic hydroxyl groups excluding tert-OH is 1. The second-order valence-corrected chi connectivity index (χ2v) is 4.24. The van der Waals surface area contributed by atoms with Crippen LogP contribution in [0, 0.1) is 5.92 Å². The third-order valence-corrected chi connectivity index (χ3v) is 2.53. The van der Waals surface area contributed by atoms with E-state index in [0.29, 0.717) is 17.9 Å². The number of amides is 1. The molecule has 0 bridgehead atoms. The highest BCUT2D eigenvalue weighted by Gasteiger charge is 2.17. The van der Waals surface area contributed by atoms with Crippen molar-refractivity contribution in [3.8, 4) is 0 Å². The first-order valence-electron chi connectivity index (χ1n) is 5.45. The van der Waals surface area contributed by atoms with Gasteiger partial charge in [-0.05, 0) is 12.3 Å². The monoisotopic (exact) mass is 225 g/mol. The zero-order valence-corrected chi connectivity index (χ0v) is 9.97. The second kappa shape index (κ2) is 5.65. The fourth-order valence-corrected chi connectivity index (χ4v) is 1.50. The maximum atomic E-state index is 11.8. The third kappa shape index (κ3) is 3.34. The van der Waals surface area contributed by atoms with E-state index in [0.717, 1.165) is 0 Å². The minimum Gasteiger partial charge on any atom is -0.396 e. The van der Waals surface area contributed by atoms with E-state index in [1.807, 2.05) is 13.8 Å². The first-order chi connectivity index (χ1) is 7.54. The molecule has 0 radical (unpaired) electrons. The van der Waals surface area contributed by atoms with Crippen LogP contribution in [-0.4, -0.2) is 33.4 Å². The molecule has 16 heavy (non-hydrogen) atoms. The minimum atomic E-state index is -0.139. The molecule has 0 fully saturated rings. The van der Waals surface area contributed by atoms with Gasteiger partial charge in [0.1, 0.15) is 0 Å². The van der Waals surface area contributed by atoms with Gasteiger partial charge in [0, 0.05) is 25.9 Å². The van der Waals surface area contributed by atoms with E-state index in [2.05, 4.69) is 10.4 Å². The van der Waals surface area contributed by atoms with Crippen molar-refractivity contribution in [3.05, 3.63) is 18.0 Å². The fourth-order valence-electron chi connectivity index (χ4n) is 1.50. The number of nitrogens with zero attached hydrogens (tertiary/aromatic N) is 2. The molecular formula is C11H19N3O2. The average molecular weight is 225 g/mol. The molecule has 0 aliphatic rings. The van der Waals surface area contributed by atoms with Gasteiger partial charge in [0.05, 0.1) is 11.8 Å². The summed E-state index contributed by atoms with van der Waals surface area (Å²) in [7, 11) is 1.77. The number of rotatable bonds is 5. The number of aromatic nitrogens is 2. The van der Waals surface area contributed by atoms with E-state index in [-0.39, 0.29) is 18.6 Å². The lowest BCUT2D eigenvalue weighted by Crippen LogP contribution is -2.39. The molecule has 1 atom stereocenters. The molecule has 5 heteroatoms. The summed E-state index contributed by atoms with van der Waals surface area (Å²) in [4.78, 5) is 11.8. The van der Waals surface area contributed by atoms with Gasteiger partial charge in [-0.25, -0.2) is 0 Å². The summed E-state index contributed by atoms with van der Waals surface area (Å²) < 4.78 is 1.59. The van der Waals surface area contributed by atoms with E-state index < -0.39 is 0 Å². The Hall–Kier alpha value is -1.36. The SMILES string of the molecule is CC(C)C(CCO)NC(=O)c1cnn(C)c1. The molecule has 5 nitrogen and oxygen atoms in total. The maximum Gasteiger partial charge on any atom is 0.254 e. The molecule has 1 aromatic rings. The molecule has 1 aromatic heterocycles. The van der Waals surface area contributed by atoms with Crippen molar-refractivity contribution in [3.63, 3.8) is 0 Å². The van der Waals surface area contributed by atoms with Crippen LogP contribution in [0.3, 0.4) is 0 Å². The van der Waals surface area contributed by atoms with Gasteiger partial charge in [-0.3, -0.25) is 9.48 Å². The Morgan fingerprint density at radius 3 is 2.75 bits per heavy atom.